The van der Waals surface area contributed by atoms with Crippen molar-refractivity contribution in [3.05, 3.63) is 58.3 Å². The predicted molar refractivity (Wildman–Crippen MR) is 116 cm³/mol. The van der Waals surface area contributed by atoms with Gasteiger partial charge in [-0.1, -0.05) is 30.2 Å². The Morgan fingerprint density at radius 1 is 1.07 bits per heavy atom. The largest absolute Gasteiger partial charge is 0.507 e. The number of esters is 1. The van der Waals surface area contributed by atoms with Crippen LogP contribution in [0.25, 0.3) is 16.7 Å². The molecular weight excluding hydrogens is 424 g/mol. The minimum absolute atomic E-state index is 0.0275. The summed E-state index contributed by atoms with van der Waals surface area (Å²) in [6, 6.07) is 10.1. The Kier molecular flexibility index (Phi) is 5.19. The number of hydrogen-bond donors (Lipinski definition) is 1. The Bertz CT molecular complexity index is 1170. The monoisotopic (exact) mass is 446 g/mol. The van der Waals surface area contributed by atoms with Crippen LogP contribution >= 0.6 is 11.6 Å². The molecule has 2 aromatic rings. The van der Waals surface area contributed by atoms with Gasteiger partial charge in [0.05, 0.1) is 4.90 Å². The summed E-state index contributed by atoms with van der Waals surface area (Å²) in [5.74, 6) is -0.581. The maximum Gasteiger partial charge on any atom is 0.343 e. The molecule has 1 heterocycles. The highest BCUT2D eigenvalue weighted by molar-refractivity contribution is 7.90. The Morgan fingerprint density at radius 3 is 2.43 bits per heavy atom. The van der Waals surface area contributed by atoms with Gasteiger partial charge in [-0.15, -0.1) is 0 Å². The number of ether oxygens (including phenoxy) is 1. The van der Waals surface area contributed by atoms with Gasteiger partial charge in [-0.2, -0.15) is 0 Å². The first-order chi connectivity index (χ1) is 14.1. The average molecular weight is 447 g/mol. The molecule has 7 heteroatoms. The molecule has 4 rings (SSSR count). The molecule has 30 heavy (non-hydrogen) atoms. The number of aryl methyl sites for hydroxylation is 1. The molecule has 0 aromatic heterocycles. The van der Waals surface area contributed by atoms with Crippen molar-refractivity contribution >= 4 is 33.0 Å². The Morgan fingerprint density at radius 2 is 1.77 bits per heavy atom. The van der Waals surface area contributed by atoms with E-state index in [0.29, 0.717) is 29.0 Å². The van der Waals surface area contributed by atoms with Crippen LogP contribution in [-0.4, -0.2) is 31.4 Å². The highest BCUT2D eigenvalue weighted by Gasteiger charge is 2.49. The molecule has 1 saturated carbocycles. The third kappa shape index (κ3) is 3.52. The van der Waals surface area contributed by atoms with Crippen molar-refractivity contribution < 1.29 is 23.1 Å². The quantitative estimate of drug-likeness (QED) is 0.651. The summed E-state index contributed by atoms with van der Waals surface area (Å²) in [5.41, 5.74) is 1.90. The molecule has 1 fully saturated rings. The molecule has 0 atom stereocenters. The zero-order valence-corrected chi connectivity index (χ0v) is 18.4. The molecule has 1 N–H and O–H groups in total. The van der Waals surface area contributed by atoms with Gasteiger partial charge in [0.15, 0.2) is 21.2 Å². The topological polar surface area (TPSA) is 80.7 Å². The number of halogens is 1. The number of benzene rings is 2. The van der Waals surface area contributed by atoms with E-state index in [4.69, 9.17) is 16.3 Å². The van der Waals surface area contributed by atoms with Crippen LogP contribution < -0.4 is 0 Å². The summed E-state index contributed by atoms with van der Waals surface area (Å²) in [6.45, 7) is 1.86. The van der Waals surface area contributed by atoms with Gasteiger partial charge in [-0.3, -0.25) is 0 Å². The number of hydrogen-bond acceptors (Lipinski definition) is 5. The standard InChI is InChI=1S/C23H23ClO5S/c1-14-11-18(20-21(25)23(29-22(20)26)9-4-3-5-10-23)19(24)13-17(14)15-7-6-8-16(12-15)30(2,27)28/h6-8,11-13,25H,3-5,9-10H2,1-2H3. The second-order valence-electron chi connectivity index (χ2n) is 8.12. The van der Waals surface area contributed by atoms with Gasteiger partial charge in [0.25, 0.3) is 0 Å². The van der Waals surface area contributed by atoms with Crippen LogP contribution in [0.4, 0.5) is 0 Å². The zero-order valence-electron chi connectivity index (χ0n) is 16.9. The lowest BCUT2D eigenvalue weighted by Crippen LogP contribution is -2.34. The van der Waals surface area contributed by atoms with Crippen LogP contribution in [0.3, 0.4) is 0 Å². The second kappa shape index (κ2) is 7.43. The second-order valence-corrected chi connectivity index (χ2v) is 10.5. The van der Waals surface area contributed by atoms with E-state index >= 15 is 0 Å². The van der Waals surface area contributed by atoms with Crippen LogP contribution in [-0.2, 0) is 19.4 Å². The van der Waals surface area contributed by atoms with E-state index in [2.05, 4.69) is 0 Å². The SMILES string of the molecule is Cc1cc(C2=C(O)C3(CCCCC3)OC2=O)c(Cl)cc1-c1cccc(S(C)(=O)=O)c1. The van der Waals surface area contributed by atoms with E-state index in [1.54, 1.807) is 30.3 Å². The van der Waals surface area contributed by atoms with Gasteiger partial charge >= 0.3 is 5.97 Å². The molecule has 2 aromatic carbocycles. The number of aliphatic hydroxyl groups is 1. The molecule has 2 aliphatic rings. The average Bonchev–Trinajstić information content (AvgIpc) is 2.93. The van der Waals surface area contributed by atoms with Crippen LogP contribution in [0.1, 0.15) is 43.2 Å². The fourth-order valence-electron chi connectivity index (χ4n) is 4.38. The Balaban J connectivity index is 1.80. The van der Waals surface area contributed by atoms with Gasteiger partial charge in [-0.05, 0) is 73.6 Å². The molecule has 1 aliphatic carbocycles. The summed E-state index contributed by atoms with van der Waals surface area (Å²) < 4.78 is 29.5. The molecule has 0 amide bonds. The van der Waals surface area contributed by atoms with Crippen LogP contribution in [0, 0.1) is 6.92 Å². The minimum atomic E-state index is -3.34. The highest BCUT2D eigenvalue weighted by atomic mass is 35.5. The van der Waals surface area contributed by atoms with Gasteiger partial charge in [0, 0.05) is 16.8 Å². The van der Waals surface area contributed by atoms with Crippen molar-refractivity contribution in [2.45, 2.75) is 49.5 Å². The summed E-state index contributed by atoms with van der Waals surface area (Å²) in [7, 11) is -3.34. The summed E-state index contributed by atoms with van der Waals surface area (Å²) in [6.07, 6.45) is 5.24. The zero-order chi connectivity index (χ0) is 21.7. The third-order valence-electron chi connectivity index (χ3n) is 5.98. The third-order valence-corrected chi connectivity index (χ3v) is 7.40. The van der Waals surface area contributed by atoms with E-state index in [9.17, 15) is 18.3 Å². The van der Waals surface area contributed by atoms with Crippen molar-refractivity contribution in [1.82, 2.24) is 0 Å². The summed E-state index contributed by atoms with van der Waals surface area (Å²) in [4.78, 5) is 12.9. The Hall–Kier alpha value is -2.31. The Labute approximate surface area is 181 Å². The molecular formula is C23H23ClO5S. The number of rotatable bonds is 3. The molecule has 1 spiro atoms. The maximum absolute atomic E-state index is 12.7. The fourth-order valence-corrected chi connectivity index (χ4v) is 5.30. The highest BCUT2D eigenvalue weighted by Crippen LogP contribution is 2.47. The molecule has 0 saturated heterocycles. The fraction of sp³-hybridized carbons (Fsp3) is 0.348. The van der Waals surface area contributed by atoms with Gasteiger partial charge in [-0.25, -0.2) is 13.2 Å². The van der Waals surface area contributed by atoms with Gasteiger partial charge in [0.2, 0.25) is 0 Å². The smallest absolute Gasteiger partial charge is 0.343 e. The lowest BCUT2D eigenvalue weighted by molar-refractivity contribution is -0.149. The van der Waals surface area contributed by atoms with E-state index in [1.807, 2.05) is 13.0 Å². The van der Waals surface area contributed by atoms with Crippen LogP contribution in [0.15, 0.2) is 47.1 Å². The molecule has 0 unspecified atom stereocenters. The van der Waals surface area contributed by atoms with Crippen molar-refractivity contribution in [1.29, 1.82) is 0 Å². The lowest BCUT2D eigenvalue weighted by atomic mass is 9.82. The number of carbonyl (C=O) groups excluding carboxylic acids is 1. The number of sulfone groups is 1. The maximum atomic E-state index is 12.7. The van der Waals surface area contributed by atoms with Crippen molar-refractivity contribution in [3.8, 4) is 11.1 Å². The molecule has 158 valence electrons. The molecule has 5 nitrogen and oxygen atoms in total. The predicted octanol–water partition coefficient (Wildman–Crippen LogP) is 5.25. The van der Waals surface area contributed by atoms with E-state index in [-0.39, 0.29) is 16.2 Å². The first kappa shape index (κ1) is 20.9. The van der Waals surface area contributed by atoms with Crippen molar-refractivity contribution in [2.75, 3.05) is 6.26 Å². The summed E-state index contributed by atoms with van der Waals surface area (Å²) >= 11 is 6.55. The number of aliphatic hydroxyl groups excluding tert-OH is 1. The first-order valence-electron chi connectivity index (χ1n) is 9.90. The number of carbonyl (C=O) groups is 1. The van der Waals surface area contributed by atoms with Crippen LogP contribution in [0.2, 0.25) is 5.02 Å². The van der Waals surface area contributed by atoms with E-state index in [1.165, 1.54) is 0 Å². The molecule has 0 bridgehead atoms. The van der Waals surface area contributed by atoms with E-state index in [0.717, 1.165) is 36.6 Å². The normalized spacial score (nSPS) is 18.7. The summed E-state index contributed by atoms with van der Waals surface area (Å²) in [5, 5.41) is 11.2. The van der Waals surface area contributed by atoms with Crippen LogP contribution in [0.5, 0.6) is 0 Å². The van der Waals surface area contributed by atoms with Crippen molar-refractivity contribution in [2.24, 2.45) is 0 Å². The van der Waals surface area contributed by atoms with Crippen molar-refractivity contribution in [3.63, 3.8) is 0 Å². The van der Waals surface area contributed by atoms with Gasteiger partial charge < -0.3 is 9.84 Å². The van der Waals surface area contributed by atoms with E-state index < -0.39 is 21.4 Å². The molecule has 0 radical (unpaired) electrons. The van der Waals surface area contributed by atoms with Gasteiger partial charge in [0.1, 0.15) is 5.57 Å². The lowest BCUT2D eigenvalue weighted by Gasteiger charge is -2.31. The minimum Gasteiger partial charge on any atom is -0.507 e. The molecule has 1 aliphatic heterocycles. The first-order valence-corrected chi connectivity index (χ1v) is 12.2.